The van der Waals surface area contributed by atoms with E-state index in [1.165, 1.54) is 0 Å². The van der Waals surface area contributed by atoms with Crippen LogP contribution in [0.1, 0.15) is 30.6 Å². The van der Waals surface area contributed by atoms with E-state index in [9.17, 15) is 0 Å². The number of methoxy groups -OCH3 is 1. The Morgan fingerprint density at radius 3 is 2.50 bits per heavy atom. The van der Waals surface area contributed by atoms with Gasteiger partial charge in [0.05, 0.1) is 13.2 Å². The van der Waals surface area contributed by atoms with Crippen LogP contribution in [0.2, 0.25) is 0 Å². The summed E-state index contributed by atoms with van der Waals surface area (Å²) in [7, 11) is 3.78. The van der Waals surface area contributed by atoms with E-state index in [1.807, 2.05) is 43.3 Å². The predicted molar refractivity (Wildman–Crippen MR) is 104 cm³/mol. The molecule has 3 rings (SSSR count). The largest absolute Gasteiger partial charge is 0.496 e. The summed E-state index contributed by atoms with van der Waals surface area (Å²) in [5.41, 5.74) is 3.05. The average molecular weight is 348 g/mol. The van der Waals surface area contributed by atoms with Gasteiger partial charge in [0.25, 0.3) is 0 Å². The van der Waals surface area contributed by atoms with Crippen LogP contribution in [0.4, 0.5) is 5.82 Å². The lowest BCUT2D eigenvalue weighted by molar-refractivity contribution is 0.404. The van der Waals surface area contributed by atoms with Crippen molar-refractivity contribution in [2.45, 2.75) is 26.3 Å². The molecule has 0 radical (unpaired) electrons. The molecule has 0 saturated carbocycles. The summed E-state index contributed by atoms with van der Waals surface area (Å²) in [6.07, 6.45) is 4.45. The van der Waals surface area contributed by atoms with Gasteiger partial charge in [-0.2, -0.15) is 0 Å². The van der Waals surface area contributed by atoms with E-state index in [0.29, 0.717) is 5.82 Å². The Balaban J connectivity index is 2.00. The zero-order chi connectivity index (χ0) is 18.5. The van der Waals surface area contributed by atoms with Gasteiger partial charge in [-0.25, -0.2) is 9.97 Å². The van der Waals surface area contributed by atoms with Gasteiger partial charge < -0.3 is 9.64 Å². The maximum atomic E-state index is 5.56. The molecule has 1 atom stereocenters. The van der Waals surface area contributed by atoms with Crippen molar-refractivity contribution in [2.24, 2.45) is 0 Å². The fourth-order valence-electron chi connectivity index (χ4n) is 3.17. The summed E-state index contributed by atoms with van der Waals surface area (Å²) in [6.45, 7) is 4.17. The maximum absolute atomic E-state index is 5.56. The van der Waals surface area contributed by atoms with E-state index in [0.717, 1.165) is 34.8 Å². The fraction of sp³-hybridized carbons (Fsp3) is 0.286. The van der Waals surface area contributed by atoms with Crippen LogP contribution in [0.15, 0.2) is 54.9 Å². The number of rotatable bonds is 6. The standard InChI is InChI=1S/C21H24N4O/c1-5-18(17-8-6-7-9-19(17)26-4)25(3)20-14-15(2)23-21(24-20)16-10-12-22-13-11-16/h6-14,18H,5H2,1-4H3. The highest BCUT2D eigenvalue weighted by Crippen LogP contribution is 2.33. The van der Waals surface area contributed by atoms with Crippen molar-refractivity contribution in [1.82, 2.24) is 15.0 Å². The molecule has 134 valence electrons. The Kier molecular flexibility index (Phi) is 5.46. The van der Waals surface area contributed by atoms with Crippen LogP contribution in [-0.4, -0.2) is 29.1 Å². The third kappa shape index (κ3) is 3.67. The highest BCUT2D eigenvalue weighted by Gasteiger charge is 2.21. The first-order valence-electron chi connectivity index (χ1n) is 8.75. The topological polar surface area (TPSA) is 51.1 Å². The third-order valence-electron chi connectivity index (χ3n) is 4.49. The van der Waals surface area contributed by atoms with E-state index >= 15 is 0 Å². The Hall–Kier alpha value is -2.95. The Morgan fingerprint density at radius 2 is 1.81 bits per heavy atom. The van der Waals surface area contributed by atoms with Gasteiger partial charge in [0.2, 0.25) is 0 Å². The molecule has 0 bridgehead atoms. The number of hydrogen-bond acceptors (Lipinski definition) is 5. The lowest BCUT2D eigenvalue weighted by Gasteiger charge is -2.30. The molecule has 3 aromatic rings. The lowest BCUT2D eigenvalue weighted by Crippen LogP contribution is -2.25. The normalized spacial score (nSPS) is 11.8. The first kappa shape index (κ1) is 17.9. The smallest absolute Gasteiger partial charge is 0.161 e. The zero-order valence-electron chi connectivity index (χ0n) is 15.7. The SMILES string of the molecule is CCC(c1ccccc1OC)N(C)c1cc(C)nc(-c2ccncc2)n1. The Bertz CT molecular complexity index is 867. The van der Waals surface area contributed by atoms with Crippen LogP contribution in [0.3, 0.4) is 0 Å². The molecule has 2 heterocycles. The molecule has 26 heavy (non-hydrogen) atoms. The molecule has 5 nitrogen and oxygen atoms in total. The van der Waals surface area contributed by atoms with Crippen LogP contribution in [0.5, 0.6) is 5.75 Å². The highest BCUT2D eigenvalue weighted by atomic mass is 16.5. The number of para-hydroxylation sites is 1. The molecule has 1 unspecified atom stereocenters. The number of anilines is 1. The number of hydrogen-bond donors (Lipinski definition) is 0. The van der Waals surface area contributed by atoms with Crippen molar-refractivity contribution in [3.8, 4) is 17.1 Å². The average Bonchev–Trinajstić information content (AvgIpc) is 2.69. The second-order valence-corrected chi connectivity index (χ2v) is 6.20. The number of aryl methyl sites for hydroxylation is 1. The number of nitrogens with zero attached hydrogens (tertiary/aromatic N) is 4. The monoisotopic (exact) mass is 348 g/mol. The van der Waals surface area contributed by atoms with Crippen molar-refractivity contribution < 1.29 is 4.74 Å². The van der Waals surface area contributed by atoms with Crippen molar-refractivity contribution in [2.75, 3.05) is 19.1 Å². The van der Waals surface area contributed by atoms with E-state index < -0.39 is 0 Å². The fourth-order valence-corrected chi connectivity index (χ4v) is 3.17. The van der Waals surface area contributed by atoms with E-state index in [-0.39, 0.29) is 6.04 Å². The molecule has 2 aromatic heterocycles. The van der Waals surface area contributed by atoms with Crippen LogP contribution in [0, 0.1) is 6.92 Å². The van der Waals surface area contributed by atoms with Crippen molar-refractivity contribution in [3.05, 3.63) is 66.1 Å². The Morgan fingerprint density at radius 1 is 1.08 bits per heavy atom. The van der Waals surface area contributed by atoms with Crippen LogP contribution in [0.25, 0.3) is 11.4 Å². The molecule has 0 aliphatic heterocycles. The van der Waals surface area contributed by atoms with Gasteiger partial charge in [0.1, 0.15) is 11.6 Å². The molecule has 0 amide bonds. The first-order chi connectivity index (χ1) is 12.6. The van der Waals surface area contributed by atoms with Gasteiger partial charge in [-0.15, -0.1) is 0 Å². The molecular weight excluding hydrogens is 324 g/mol. The number of pyridine rings is 1. The molecule has 0 spiro atoms. The molecule has 0 N–H and O–H groups in total. The summed E-state index contributed by atoms with van der Waals surface area (Å²) >= 11 is 0. The second kappa shape index (κ2) is 7.95. The highest BCUT2D eigenvalue weighted by molar-refractivity contribution is 5.57. The summed E-state index contributed by atoms with van der Waals surface area (Å²) in [5, 5.41) is 0. The summed E-state index contributed by atoms with van der Waals surface area (Å²) in [4.78, 5) is 15.7. The summed E-state index contributed by atoms with van der Waals surface area (Å²) in [5.74, 6) is 2.50. The quantitative estimate of drug-likeness (QED) is 0.659. The zero-order valence-corrected chi connectivity index (χ0v) is 15.7. The van der Waals surface area contributed by atoms with Gasteiger partial charge >= 0.3 is 0 Å². The van der Waals surface area contributed by atoms with Crippen molar-refractivity contribution in [1.29, 1.82) is 0 Å². The van der Waals surface area contributed by atoms with Gasteiger partial charge in [-0.3, -0.25) is 4.98 Å². The minimum absolute atomic E-state index is 0.158. The molecule has 0 fully saturated rings. The van der Waals surface area contributed by atoms with Gasteiger partial charge in [0, 0.05) is 42.3 Å². The third-order valence-corrected chi connectivity index (χ3v) is 4.49. The van der Waals surface area contributed by atoms with Crippen LogP contribution >= 0.6 is 0 Å². The minimum Gasteiger partial charge on any atom is -0.496 e. The molecule has 1 aromatic carbocycles. The van der Waals surface area contributed by atoms with E-state index in [4.69, 9.17) is 9.72 Å². The van der Waals surface area contributed by atoms with Crippen LogP contribution < -0.4 is 9.64 Å². The van der Waals surface area contributed by atoms with Gasteiger partial charge in [-0.1, -0.05) is 25.1 Å². The number of benzene rings is 1. The van der Waals surface area contributed by atoms with Crippen molar-refractivity contribution in [3.63, 3.8) is 0 Å². The lowest BCUT2D eigenvalue weighted by atomic mass is 10.0. The minimum atomic E-state index is 0.158. The molecule has 5 heteroatoms. The molecule has 0 aliphatic carbocycles. The predicted octanol–water partition coefficient (Wildman–Crippen LogP) is 4.44. The number of ether oxygens (including phenoxy) is 1. The molecule has 0 saturated heterocycles. The van der Waals surface area contributed by atoms with Gasteiger partial charge in [-0.05, 0) is 31.5 Å². The summed E-state index contributed by atoms with van der Waals surface area (Å²) < 4.78 is 5.56. The summed E-state index contributed by atoms with van der Waals surface area (Å²) in [6, 6.07) is 14.2. The maximum Gasteiger partial charge on any atom is 0.161 e. The second-order valence-electron chi connectivity index (χ2n) is 6.20. The van der Waals surface area contributed by atoms with Gasteiger partial charge in [0.15, 0.2) is 5.82 Å². The Labute approximate surface area is 154 Å². The molecule has 0 aliphatic rings. The van der Waals surface area contributed by atoms with Crippen molar-refractivity contribution >= 4 is 5.82 Å². The van der Waals surface area contributed by atoms with Crippen LogP contribution in [-0.2, 0) is 0 Å². The number of aromatic nitrogens is 3. The van der Waals surface area contributed by atoms with E-state index in [2.05, 4.69) is 34.9 Å². The molecular formula is C21H24N4O. The van der Waals surface area contributed by atoms with E-state index in [1.54, 1.807) is 19.5 Å². The first-order valence-corrected chi connectivity index (χ1v) is 8.75.